The minimum Gasteiger partial charge on any atom is -0.493 e. The SMILES string of the molecule is COc1cc(/C=C/C(=O)NCc2cccnc2-c2cnn(C)c2)cc(OC)c1OC. The number of carbonyl (C=O) groups excluding carboxylic acids is 1. The summed E-state index contributed by atoms with van der Waals surface area (Å²) in [5.74, 6) is 1.31. The van der Waals surface area contributed by atoms with Crippen LogP contribution < -0.4 is 19.5 Å². The average molecular weight is 408 g/mol. The third-order valence-corrected chi connectivity index (χ3v) is 4.44. The van der Waals surface area contributed by atoms with Crippen molar-refractivity contribution in [3.63, 3.8) is 0 Å². The number of aryl methyl sites for hydroxylation is 1. The number of nitrogens with zero attached hydrogens (tertiary/aromatic N) is 3. The summed E-state index contributed by atoms with van der Waals surface area (Å²) in [6, 6.07) is 7.31. The molecule has 0 spiro atoms. The first-order valence-electron chi connectivity index (χ1n) is 9.24. The maximum atomic E-state index is 12.4. The summed E-state index contributed by atoms with van der Waals surface area (Å²) in [6.45, 7) is 0.344. The quantitative estimate of drug-likeness (QED) is 0.577. The van der Waals surface area contributed by atoms with Crippen molar-refractivity contribution < 1.29 is 19.0 Å². The summed E-state index contributed by atoms with van der Waals surface area (Å²) >= 11 is 0. The highest BCUT2D eigenvalue weighted by Gasteiger charge is 2.12. The summed E-state index contributed by atoms with van der Waals surface area (Å²) in [7, 11) is 6.49. The molecular weight excluding hydrogens is 384 g/mol. The van der Waals surface area contributed by atoms with Gasteiger partial charge in [-0.1, -0.05) is 6.07 Å². The van der Waals surface area contributed by atoms with E-state index in [0.29, 0.717) is 23.8 Å². The largest absolute Gasteiger partial charge is 0.493 e. The van der Waals surface area contributed by atoms with Crippen molar-refractivity contribution in [1.82, 2.24) is 20.1 Å². The molecule has 0 atom stereocenters. The van der Waals surface area contributed by atoms with Crippen LogP contribution in [0.4, 0.5) is 0 Å². The zero-order valence-electron chi connectivity index (χ0n) is 17.4. The molecule has 0 saturated carbocycles. The van der Waals surface area contributed by atoms with Crippen LogP contribution >= 0.6 is 0 Å². The molecule has 8 heteroatoms. The molecule has 1 N–H and O–H groups in total. The molecule has 0 unspecified atom stereocenters. The average Bonchev–Trinajstić information content (AvgIpc) is 3.21. The topological polar surface area (TPSA) is 87.5 Å². The summed E-state index contributed by atoms with van der Waals surface area (Å²) < 4.78 is 17.7. The monoisotopic (exact) mass is 408 g/mol. The van der Waals surface area contributed by atoms with Gasteiger partial charge in [0.2, 0.25) is 11.7 Å². The van der Waals surface area contributed by atoms with E-state index in [1.165, 1.54) is 6.08 Å². The van der Waals surface area contributed by atoms with Crippen LogP contribution in [0.1, 0.15) is 11.1 Å². The molecule has 0 saturated heterocycles. The predicted octanol–water partition coefficient (Wildman–Crippen LogP) is 2.84. The van der Waals surface area contributed by atoms with Crippen molar-refractivity contribution in [2.45, 2.75) is 6.54 Å². The second-order valence-electron chi connectivity index (χ2n) is 6.42. The molecule has 0 aliphatic carbocycles. The van der Waals surface area contributed by atoms with Gasteiger partial charge in [0.05, 0.1) is 33.2 Å². The number of methoxy groups -OCH3 is 3. The number of ether oxygens (including phenoxy) is 3. The second-order valence-corrected chi connectivity index (χ2v) is 6.42. The first kappa shape index (κ1) is 20.9. The Hall–Kier alpha value is -3.81. The van der Waals surface area contributed by atoms with Gasteiger partial charge in [0.15, 0.2) is 11.5 Å². The number of nitrogens with one attached hydrogen (secondary N) is 1. The van der Waals surface area contributed by atoms with Gasteiger partial charge in [0, 0.05) is 37.6 Å². The lowest BCUT2D eigenvalue weighted by atomic mass is 10.1. The van der Waals surface area contributed by atoms with E-state index < -0.39 is 0 Å². The van der Waals surface area contributed by atoms with Gasteiger partial charge in [-0.05, 0) is 35.4 Å². The Labute approximate surface area is 175 Å². The molecule has 0 bridgehead atoms. The number of hydrogen-bond donors (Lipinski definition) is 1. The van der Waals surface area contributed by atoms with Crippen molar-refractivity contribution in [2.75, 3.05) is 21.3 Å². The molecule has 2 aromatic heterocycles. The summed E-state index contributed by atoms with van der Waals surface area (Å²) in [4.78, 5) is 16.8. The molecule has 1 amide bonds. The third-order valence-electron chi connectivity index (χ3n) is 4.44. The second kappa shape index (κ2) is 9.60. The van der Waals surface area contributed by atoms with Gasteiger partial charge in [0.25, 0.3) is 0 Å². The molecule has 0 aliphatic rings. The number of benzene rings is 1. The van der Waals surface area contributed by atoms with E-state index in [2.05, 4.69) is 15.4 Å². The molecule has 0 aliphatic heterocycles. The lowest BCUT2D eigenvalue weighted by Gasteiger charge is -2.12. The first-order valence-corrected chi connectivity index (χ1v) is 9.24. The predicted molar refractivity (Wildman–Crippen MR) is 113 cm³/mol. The van der Waals surface area contributed by atoms with Crippen LogP contribution in [0.3, 0.4) is 0 Å². The molecule has 156 valence electrons. The molecular formula is C22H24N4O4. The van der Waals surface area contributed by atoms with Gasteiger partial charge >= 0.3 is 0 Å². The number of aromatic nitrogens is 3. The van der Waals surface area contributed by atoms with Crippen molar-refractivity contribution in [2.24, 2.45) is 7.05 Å². The van der Waals surface area contributed by atoms with Crippen molar-refractivity contribution in [3.05, 3.63) is 60.1 Å². The smallest absolute Gasteiger partial charge is 0.244 e. The van der Waals surface area contributed by atoms with E-state index in [-0.39, 0.29) is 5.91 Å². The van der Waals surface area contributed by atoms with Crippen molar-refractivity contribution >= 4 is 12.0 Å². The van der Waals surface area contributed by atoms with Gasteiger partial charge in [-0.3, -0.25) is 14.5 Å². The van der Waals surface area contributed by atoms with E-state index in [0.717, 1.165) is 22.4 Å². The molecule has 2 heterocycles. The minimum absolute atomic E-state index is 0.232. The Bertz CT molecular complexity index is 1030. The molecule has 8 nitrogen and oxygen atoms in total. The molecule has 3 aromatic rings. The van der Waals surface area contributed by atoms with Gasteiger partial charge < -0.3 is 19.5 Å². The summed E-state index contributed by atoms with van der Waals surface area (Å²) in [5, 5.41) is 7.07. The van der Waals surface area contributed by atoms with Crippen LogP contribution in [-0.2, 0) is 18.4 Å². The van der Waals surface area contributed by atoms with E-state index in [4.69, 9.17) is 14.2 Å². The van der Waals surface area contributed by atoms with E-state index in [1.807, 2.05) is 25.4 Å². The maximum absolute atomic E-state index is 12.4. The fraction of sp³-hybridized carbons (Fsp3) is 0.227. The molecule has 0 fully saturated rings. The summed E-state index contributed by atoms with van der Waals surface area (Å²) in [6.07, 6.45) is 8.50. The number of pyridine rings is 1. The number of hydrogen-bond acceptors (Lipinski definition) is 6. The van der Waals surface area contributed by atoms with Crippen LogP contribution in [0.25, 0.3) is 17.3 Å². The summed E-state index contributed by atoms with van der Waals surface area (Å²) in [5.41, 5.74) is 3.34. The highest BCUT2D eigenvalue weighted by atomic mass is 16.5. The Morgan fingerprint density at radius 1 is 1.17 bits per heavy atom. The number of rotatable bonds is 8. The molecule has 3 rings (SSSR count). The van der Waals surface area contributed by atoms with E-state index in [9.17, 15) is 4.79 Å². The Balaban J connectivity index is 1.71. The molecule has 1 aromatic carbocycles. The molecule has 0 radical (unpaired) electrons. The van der Waals surface area contributed by atoms with Crippen LogP contribution in [-0.4, -0.2) is 42.0 Å². The standard InChI is InChI=1S/C22H24N4O4/c1-26-14-17(13-25-26)21-16(6-5-9-23-21)12-24-20(27)8-7-15-10-18(28-2)22(30-4)19(11-15)29-3/h5-11,13-14H,12H2,1-4H3,(H,24,27)/b8-7+. The van der Waals surface area contributed by atoms with Crippen LogP contribution in [0, 0.1) is 0 Å². The van der Waals surface area contributed by atoms with Crippen molar-refractivity contribution in [1.29, 1.82) is 0 Å². The van der Waals surface area contributed by atoms with Crippen LogP contribution in [0.2, 0.25) is 0 Å². The lowest BCUT2D eigenvalue weighted by molar-refractivity contribution is -0.116. The lowest BCUT2D eigenvalue weighted by Crippen LogP contribution is -2.20. The normalized spacial score (nSPS) is 10.8. The van der Waals surface area contributed by atoms with E-state index >= 15 is 0 Å². The van der Waals surface area contributed by atoms with Gasteiger partial charge in [-0.25, -0.2) is 0 Å². The Morgan fingerprint density at radius 2 is 1.90 bits per heavy atom. The Morgan fingerprint density at radius 3 is 2.50 bits per heavy atom. The third kappa shape index (κ3) is 4.78. The number of carbonyl (C=O) groups is 1. The maximum Gasteiger partial charge on any atom is 0.244 e. The highest BCUT2D eigenvalue weighted by molar-refractivity contribution is 5.92. The zero-order valence-corrected chi connectivity index (χ0v) is 17.4. The number of amides is 1. The fourth-order valence-corrected chi connectivity index (χ4v) is 3.00. The zero-order chi connectivity index (χ0) is 21.5. The van der Waals surface area contributed by atoms with Crippen LogP contribution in [0.15, 0.2) is 48.9 Å². The first-order chi connectivity index (χ1) is 14.5. The van der Waals surface area contributed by atoms with Crippen LogP contribution in [0.5, 0.6) is 17.2 Å². The minimum atomic E-state index is -0.232. The fourth-order valence-electron chi connectivity index (χ4n) is 3.00. The van der Waals surface area contributed by atoms with Gasteiger partial charge in [0.1, 0.15) is 0 Å². The van der Waals surface area contributed by atoms with E-state index in [1.54, 1.807) is 56.6 Å². The van der Waals surface area contributed by atoms with Gasteiger partial charge in [-0.2, -0.15) is 5.10 Å². The van der Waals surface area contributed by atoms with Gasteiger partial charge in [-0.15, -0.1) is 0 Å². The highest BCUT2D eigenvalue weighted by Crippen LogP contribution is 2.38. The van der Waals surface area contributed by atoms with Crippen molar-refractivity contribution in [3.8, 4) is 28.5 Å². The molecule has 30 heavy (non-hydrogen) atoms. The Kier molecular flexibility index (Phi) is 6.69.